The third-order valence-electron chi connectivity index (χ3n) is 4.35. The van der Waals surface area contributed by atoms with E-state index < -0.39 is 0 Å². The van der Waals surface area contributed by atoms with Crippen LogP contribution in [0.1, 0.15) is 15.9 Å². The molecule has 0 saturated carbocycles. The SMILES string of the molecule is Cc1cc(Br)ccc1NC(=O)c1cc(-c2cccnc2)nc2ccccc12. The lowest BCUT2D eigenvalue weighted by molar-refractivity contribution is 0.102. The van der Waals surface area contributed by atoms with Crippen molar-refractivity contribution in [1.29, 1.82) is 0 Å². The average molecular weight is 418 g/mol. The summed E-state index contributed by atoms with van der Waals surface area (Å²) in [5.41, 5.74) is 4.73. The Balaban J connectivity index is 1.81. The molecule has 0 aliphatic carbocycles. The van der Waals surface area contributed by atoms with Crippen molar-refractivity contribution in [2.24, 2.45) is 0 Å². The van der Waals surface area contributed by atoms with Crippen LogP contribution in [0.4, 0.5) is 5.69 Å². The zero-order valence-electron chi connectivity index (χ0n) is 14.6. The van der Waals surface area contributed by atoms with Gasteiger partial charge in [-0.1, -0.05) is 34.1 Å². The second-order valence-corrected chi connectivity index (χ2v) is 7.14. The highest BCUT2D eigenvalue weighted by Gasteiger charge is 2.15. The number of pyridine rings is 2. The smallest absolute Gasteiger partial charge is 0.256 e. The summed E-state index contributed by atoms with van der Waals surface area (Å²) in [5, 5.41) is 3.84. The monoisotopic (exact) mass is 417 g/mol. The van der Waals surface area contributed by atoms with Gasteiger partial charge >= 0.3 is 0 Å². The van der Waals surface area contributed by atoms with E-state index in [1.165, 1.54) is 0 Å². The topological polar surface area (TPSA) is 54.9 Å². The number of hydrogen-bond acceptors (Lipinski definition) is 3. The fraction of sp³-hybridized carbons (Fsp3) is 0.0455. The lowest BCUT2D eigenvalue weighted by atomic mass is 10.0. The number of rotatable bonds is 3. The predicted octanol–water partition coefficient (Wildman–Crippen LogP) is 5.62. The van der Waals surface area contributed by atoms with Gasteiger partial charge in [0.2, 0.25) is 0 Å². The Hall–Kier alpha value is -3.05. The number of carbonyl (C=O) groups excluding carboxylic acids is 1. The highest BCUT2D eigenvalue weighted by Crippen LogP contribution is 2.26. The molecule has 0 unspecified atom stereocenters. The fourth-order valence-corrected chi connectivity index (χ4v) is 3.46. The Bertz CT molecular complexity index is 1140. The Labute approximate surface area is 165 Å². The summed E-state index contributed by atoms with van der Waals surface area (Å²) in [6, 6.07) is 19.1. The van der Waals surface area contributed by atoms with E-state index in [9.17, 15) is 4.79 Å². The van der Waals surface area contributed by atoms with Gasteiger partial charge in [-0.15, -0.1) is 0 Å². The first kappa shape index (κ1) is 17.4. The summed E-state index contributed by atoms with van der Waals surface area (Å²) in [6.45, 7) is 1.96. The van der Waals surface area contributed by atoms with Crippen molar-refractivity contribution in [2.45, 2.75) is 6.92 Å². The summed E-state index contributed by atoms with van der Waals surface area (Å²) < 4.78 is 0.978. The summed E-state index contributed by atoms with van der Waals surface area (Å²) >= 11 is 3.45. The van der Waals surface area contributed by atoms with Gasteiger partial charge in [0.05, 0.1) is 16.8 Å². The number of fused-ring (bicyclic) bond motifs is 1. The molecule has 132 valence electrons. The molecule has 4 nitrogen and oxygen atoms in total. The van der Waals surface area contributed by atoms with Gasteiger partial charge in [-0.25, -0.2) is 4.98 Å². The van der Waals surface area contributed by atoms with Crippen molar-refractivity contribution in [1.82, 2.24) is 9.97 Å². The number of nitrogens with one attached hydrogen (secondary N) is 1. The van der Waals surface area contributed by atoms with Crippen molar-refractivity contribution in [3.05, 3.63) is 88.7 Å². The molecule has 2 aromatic carbocycles. The maximum atomic E-state index is 13.1. The minimum absolute atomic E-state index is 0.163. The van der Waals surface area contributed by atoms with E-state index in [0.29, 0.717) is 5.56 Å². The number of para-hydroxylation sites is 1. The van der Waals surface area contributed by atoms with Gasteiger partial charge in [0.1, 0.15) is 0 Å². The Morgan fingerprint density at radius 2 is 1.89 bits per heavy atom. The van der Waals surface area contributed by atoms with E-state index in [4.69, 9.17) is 4.98 Å². The number of carbonyl (C=O) groups is 1. The van der Waals surface area contributed by atoms with Crippen molar-refractivity contribution in [3.8, 4) is 11.3 Å². The van der Waals surface area contributed by atoms with E-state index in [2.05, 4.69) is 26.2 Å². The van der Waals surface area contributed by atoms with Crippen LogP contribution < -0.4 is 5.32 Å². The number of nitrogens with zero attached hydrogens (tertiary/aromatic N) is 2. The Morgan fingerprint density at radius 1 is 1.04 bits per heavy atom. The third kappa shape index (κ3) is 3.59. The van der Waals surface area contributed by atoms with Crippen LogP contribution in [-0.4, -0.2) is 15.9 Å². The molecule has 4 rings (SSSR count). The predicted molar refractivity (Wildman–Crippen MR) is 112 cm³/mol. The lowest BCUT2D eigenvalue weighted by Crippen LogP contribution is -2.14. The van der Waals surface area contributed by atoms with E-state index in [-0.39, 0.29) is 5.91 Å². The highest BCUT2D eigenvalue weighted by atomic mass is 79.9. The molecule has 1 N–H and O–H groups in total. The van der Waals surface area contributed by atoms with E-state index in [1.807, 2.05) is 67.6 Å². The van der Waals surface area contributed by atoms with Gasteiger partial charge in [-0.2, -0.15) is 0 Å². The molecular weight excluding hydrogens is 402 g/mol. The lowest BCUT2D eigenvalue weighted by Gasteiger charge is -2.12. The molecule has 0 radical (unpaired) electrons. The maximum absolute atomic E-state index is 13.1. The van der Waals surface area contributed by atoms with Crippen molar-refractivity contribution in [3.63, 3.8) is 0 Å². The first-order valence-corrected chi connectivity index (χ1v) is 9.29. The van der Waals surface area contributed by atoms with Gasteiger partial charge in [-0.05, 0) is 55.0 Å². The number of aryl methyl sites for hydroxylation is 1. The van der Waals surface area contributed by atoms with Gasteiger partial charge in [0.25, 0.3) is 5.91 Å². The average Bonchev–Trinajstić information content (AvgIpc) is 2.70. The minimum atomic E-state index is -0.163. The summed E-state index contributed by atoms with van der Waals surface area (Å²) in [4.78, 5) is 21.9. The van der Waals surface area contributed by atoms with Crippen LogP contribution in [0, 0.1) is 6.92 Å². The molecule has 0 atom stereocenters. The van der Waals surface area contributed by atoms with Crippen LogP contribution in [0.2, 0.25) is 0 Å². The van der Waals surface area contributed by atoms with Crippen LogP contribution in [0.25, 0.3) is 22.2 Å². The largest absolute Gasteiger partial charge is 0.322 e. The van der Waals surface area contributed by atoms with Crippen LogP contribution in [0.15, 0.2) is 77.5 Å². The molecule has 0 saturated heterocycles. The standard InChI is InChI=1S/C22H16BrN3O/c1-14-11-16(23)8-9-19(14)26-22(27)18-12-21(15-5-4-10-24-13-15)25-20-7-3-2-6-17(18)20/h2-13H,1H3,(H,26,27). The summed E-state index contributed by atoms with van der Waals surface area (Å²) in [5.74, 6) is -0.163. The zero-order chi connectivity index (χ0) is 18.8. The van der Waals surface area contributed by atoms with Crippen LogP contribution in [0.5, 0.6) is 0 Å². The van der Waals surface area contributed by atoms with E-state index >= 15 is 0 Å². The molecule has 27 heavy (non-hydrogen) atoms. The molecule has 5 heteroatoms. The number of aromatic nitrogens is 2. The number of amides is 1. The van der Waals surface area contributed by atoms with Crippen molar-refractivity contribution in [2.75, 3.05) is 5.32 Å². The second kappa shape index (κ2) is 7.29. The maximum Gasteiger partial charge on any atom is 0.256 e. The number of benzene rings is 2. The van der Waals surface area contributed by atoms with Gasteiger partial charge < -0.3 is 5.32 Å². The zero-order valence-corrected chi connectivity index (χ0v) is 16.2. The number of hydrogen-bond donors (Lipinski definition) is 1. The van der Waals surface area contributed by atoms with E-state index in [1.54, 1.807) is 12.4 Å². The molecule has 0 aliphatic rings. The molecule has 4 aromatic rings. The molecular formula is C22H16BrN3O. The molecule has 2 aromatic heterocycles. The normalized spacial score (nSPS) is 10.7. The minimum Gasteiger partial charge on any atom is -0.322 e. The number of halogens is 1. The van der Waals surface area contributed by atoms with Gasteiger partial charge in [0, 0.05) is 33.5 Å². The molecule has 0 bridgehead atoms. The molecule has 0 spiro atoms. The Morgan fingerprint density at radius 3 is 2.67 bits per heavy atom. The molecule has 0 fully saturated rings. The first-order chi connectivity index (χ1) is 13.1. The van der Waals surface area contributed by atoms with E-state index in [0.717, 1.165) is 37.9 Å². The third-order valence-corrected chi connectivity index (χ3v) is 4.85. The van der Waals surface area contributed by atoms with Crippen molar-refractivity contribution < 1.29 is 4.79 Å². The van der Waals surface area contributed by atoms with Crippen LogP contribution in [-0.2, 0) is 0 Å². The first-order valence-electron chi connectivity index (χ1n) is 8.49. The molecule has 2 heterocycles. The van der Waals surface area contributed by atoms with Gasteiger partial charge in [0.15, 0.2) is 0 Å². The van der Waals surface area contributed by atoms with Crippen molar-refractivity contribution >= 4 is 38.4 Å². The number of anilines is 1. The molecule has 1 amide bonds. The van der Waals surface area contributed by atoms with Crippen LogP contribution in [0.3, 0.4) is 0 Å². The molecule has 0 aliphatic heterocycles. The highest BCUT2D eigenvalue weighted by molar-refractivity contribution is 9.10. The van der Waals surface area contributed by atoms with Crippen LogP contribution >= 0.6 is 15.9 Å². The second-order valence-electron chi connectivity index (χ2n) is 6.23. The van der Waals surface area contributed by atoms with Gasteiger partial charge in [-0.3, -0.25) is 9.78 Å². The fourth-order valence-electron chi connectivity index (χ4n) is 2.98. The summed E-state index contributed by atoms with van der Waals surface area (Å²) in [7, 11) is 0. The quantitative estimate of drug-likeness (QED) is 0.470. The summed E-state index contributed by atoms with van der Waals surface area (Å²) in [6.07, 6.45) is 3.46. The Kier molecular flexibility index (Phi) is 4.69.